The number of rotatable bonds is 10. The largest absolute Gasteiger partial charge is 0.493 e. The van der Waals surface area contributed by atoms with E-state index in [1.165, 1.54) is 0 Å². The summed E-state index contributed by atoms with van der Waals surface area (Å²) in [4.78, 5) is 28.5. The van der Waals surface area contributed by atoms with Crippen LogP contribution in [0, 0.1) is 0 Å². The van der Waals surface area contributed by atoms with Crippen molar-refractivity contribution in [3.8, 4) is 11.5 Å². The van der Waals surface area contributed by atoms with Crippen LogP contribution in [0.2, 0.25) is 0 Å². The predicted molar refractivity (Wildman–Crippen MR) is 120 cm³/mol. The quantitative estimate of drug-likeness (QED) is 0.366. The number of piperidine rings is 1. The number of hydrogen-bond donors (Lipinski definition) is 0. The zero-order valence-corrected chi connectivity index (χ0v) is 20.1. The van der Waals surface area contributed by atoms with Crippen LogP contribution in [-0.2, 0) is 40.4 Å². The van der Waals surface area contributed by atoms with Gasteiger partial charge in [-0.1, -0.05) is 6.07 Å². The number of likely N-dealkylation sites (tertiary alicyclic amines) is 1. The molecule has 0 unspecified atom stereocenters. The normalized spacial score (nSPS) is 31.1. The molecule has 1 saturated carbocycles. The molecule has 9 heteroatoms. The molecule has 5 rings (SSSR count). The van der Waals surface area contributed by atoms with Crippen molar-refractivity contribution in [2.45, 2.75) is 48.8 Å². The van der Waals surface area contributed by atoms with Crippen molar-refractivity contribution >= 4 is 11.8 Å². The van der Waals surface area contributed by atoms with Gasteiger partial charge in [-0.2, -0.15) is 0 Å². The third-order valence-corrected chi connectivity index (χ3v) is 8.01. The molecule has 2 heterocycles. The fraction of sp³-hybridized carbons (Fsp3) is 0.680. The molecule has 186 valence electrons. The van der Waals surface area contributed by atoms with Gasteiger partial charge in [-0.25, -0.2) is 4.79 Å². The van der Waals surface area contributed by atoms with Gasteiger partial charge in [-0.05, 0) is 44.5 Å². The molecule has 0 N–H and O–H groups in total. The first-order valence-electron chi connectivity index (χ1n) is 11.9. The molecule has 1 spiro atoms. The van der Waals surface area contributed by atoms with Crippen molar-refractivity contribution in [1.29, 1.82) is 0 Å². The van der Waals surface area contributed by atoms with Crippen LogP contribution in [0.25, 0.3) is 0 Å². The molecule has 4 atom stereocenters. The van der Waals surface area contributed by atoms with E-state index in [9.17, 15) is 9.59 Å². The first kappa shape index (κ1) is 23.5. The van der Waals surface area contributed by atoms with Gasteiger partial charge in [0, 0.05) is 19.1 Å². The Hall–Kier alpha value is -2.20. The number of carbonyl (C=O) groups is 2. The molecule has 0 amide bonds. The zero-order valence-electron chi connectivity index (χ0n) is 20.1. The number of Topliss-reactive ketones (excluding diaryl/α,β-unsaturated/α-hetero) is 1. The van der Waals surface area contributed by atoms with E-state index in [4.69, 9.17) is 28.4 Å². The number of carbonyl (C=O) groups excluding carboxylic acids is 2. The summed E-state index contributed by atoms with van der Waals surface area (Å²) in [7, 11) is 5.29. The van der Waals surface area contributed by atoms with Gasteiger partial charge >= 0.3 is 5.97 Å². The standard InChI is InChI=1S/C25H33NO8/c1-26-9-8-24-21-16-4-5-18(30-3)22(21)33-23(24)17(27)6-7-25(24,19(26)14-16)34-20(28)15-32-13-12-31-11-10-29-2/h4-5,19,23H,6-15H2,1-3H3/t19-,23+,24+,25-/m1/s1. The molecule has 1 saturated heterocycles. The van der Waals surface area contributed by atoms with Crippen LogP contribution in [0.5, 0.6) is 11.5 Å². The summed E-state index contributed by atoms with van der Waals surface area (Å²) in [6.07, 6.45) is 1.50. The van der Waals surface area contributed by atoms with Crippen LogP contribution in [0.3, 0.4) is 0 Å². The highest BCUT2D eigenvalue weighted by molar-refractivity contribution is 5.90. The summed E-state index contributed by atoms with van der Waals surface area (Å²) in [5.41, 5.74) is 0.560. The Morgan fingerprint density at radius 1 is 1.15 bits per heavy atom. The minimum Gasteiger partial charge on any atom is -0.493 e. The number of ether oxygens (including phenoxy) is 6. The van der Waals surface area contributed by atoms with Crippen LogP contribution >= 0.6 is 0 Å². The number of benzene rings is 1. The number of hydrogen-bond acceptors (Lipinski definition) is 9. The van der Waals surface area contributed by atoms with Crippen LogP contribution in [-0.4, -0.2) is 95.2 Å². The minimum atomic E-state index is -0.863. The van der Waals surface area contributed by atoms with Crippen LogP contribution in [0.15, 0.2) is 12.1 Å². The fourth-order valence-corrected chi connectivity index (χ4v) is 6.61. The number of nitrogens with zero attached hydrogens (tertiary/aromatic N) is 1. The Morgan fingerprint density at radius 2 is 1.94 bits per heavy atom. The second-order valence-electron chi connectivity index (χ2n) is 9.54. The summed E-state index contributed by atoms with van der Waals surface area (Å²) in [5.74, 6) is 0.882. The summed E-state index contributed by atoms with van der Waals surface area (Å²) in [6.45, 7) is 2.27. The summed E-state index contributed by atoms with van der Waals surface area (Å²) < 4.78 is 34.2. The maximum atomic E-state index is 13.2. The second-order valence-corrected chi connectivity index (χ2v) is 9.54. The monoisotopic (exact) mass is 475 g/mol. The van der Waals surface area contributed by atoms with E-state index in [1.54, 1.807) is 14.2 Å². The van der Waals surface area contributed by atoms with Crippen molar-refractivity contribution in [2.75, 3.05) is 60.8 Å². The Morgan fingerprint density at radius 3 is 2.74 bits per heavy atom. The highest BCUT2D eigenvalue weighted by Gasteiger charge is 2.75. The maximum absolute atomic E-state index is 13.2. The Kier molecular flexibility index (Phi) is 6.31. The molecule has 2 aliphatic heterocycles. The number of likely N-dealkylation sites (N-methyl/N-ethyl adjacent to an activating group) is 1. The SMILES string of the molecule is COCCOCCOCC(=O)O[C@@]12CCC(=O)[C@@H]3Oc4c(OC)ccc5c4[C@@]31CCN(C)[C@@H]2C5. The molecule has 1 aromatic carbocycles. The van der Waals surface area contributed by atoms with Gasteiger partial charge in [0.2, 0.25) is 0 Å². The molecule has 0 radical (unpaired) electrons. The number of ketones is 1. The van der Waals surface area contributed by atoms with Gasteiger partial charge in [0.1, 0.15) is 12.2 Å². The van der Waals surface area contributed by atoms with Gasteiger partial charge in [-0.15, -0.1) is 0 Å². The Labute approximate surface area is 199 Å². The lowest BCUT2D eigenvalue weighted by Crippen LogP contribution is -2.77. The Bertz CT molecular complexity index is 966. The first-order chi connectivity index (χ1) is 16.5. The van der Waals surface area contributed by atoms with Crippen LogP contribution < -0.4 is 9.47 Å². The van der Waals surface area contributed by atoms with Gasteiger partial charge in [0.25, 0.3) is 0 Å². The van der Waals surface area contributed by atoms with Crippen molar-refractivity contribution < 1.29 is 38.0 Å². The summed E-state index contributed by atoms with van der Waals surface area (Å²) in [5, 5.41) is 0. The topological polar surface area (TPSA) is 92.8 Å². The molecule has 2 bridgehead atoms. The average Bonchev–Trinajstić information content (AvgIpc) is 3.19. The van der Waals surface area contributed by atoms with Crippen molar-refractivity contribution in [3.05, 3.63) is 23.3 Å². The minimum absolute atomic E-state index is 0.0476. The Balaban J connectivity index is 1.43. The van der Waals surface area contributed by atoms with Crippen LogP contribution in [0.4, 0.5) is 0 Å². The molecule has 9 nitrogen and oxygen atoms in total. The first-order valence-corrected chi connectivity index (χ1v) is 11.9. The van der Waals surface area contributed by atoms with E-state index in [-0.39, 0.29) is 25.0 Å². The number of esters is 1. The second kappa shape index (κ2) is 9.11. The third-order valence-electron chi connectivity index (χ3n) is 8.01. The molecular weight excluding hydrogens is 442 g/mol. The van der Waals surface area contributed by atoms with Gasteiger partial charge < -0.3 is 28.4 Å². The van der Waals surface area contributed by atoms with E-state index in [0.717, 1.165) is 24.1 Å². The summed E-state index contributed by atoms with van der Waals surface area (Å²) in [6, 6.07) is 3.92. The van der Waals surface area contributed by atoms with E-state index in [2.05, 4.69) is 18.0 Å². The smallest absolute Gasteiger partial charge is 0.332 e. The molecule has 34 heavy (non-hydrogen) atoms. The summed E-state index contributed by atoms with van der Waals surface area (Å²) >= 11 is 0. The lowest BCUT2D eigenvalue weighted by molar-refractivity contribution is -0.216. The molecule has 2 fully saturated rings. The molecule has 0 aromatic heterocycles. The third kappa shape index (κ3) is 3.36. The zero-order chi connectivity index (χ0) is 23.9. The van der Waals surface area contributed by atoms with Crippen molar-refractivity contribution in [1.82, 2.24) is 4.90 Å². The van der Waals surface area contributed by atoms with E-state index >= 15 is 0 Å². The predicted octanol–water partition coefficient (Wildman–Crippen LogP) is 1.28. The van der Waals surface area contributed by atoms with Crippen molar-refractivity contribution in [2.24, 2.45) is 0 Å². The lowest BCUT2D eigenvalue weighted by Gasteiger charge is -2.63. The molecular formula is C25H33NO8. The average molecular weight is 476 g/mol. The van der Waals surface area contributed by atoms with Gasteiger partial charge in [-0.3, -0.25) is 9.69 Å². The van der Waals surface area contributed by atoms with Crippen molar-refractivity contribution in [3.63, 3.8) is 0 Å². The van der Waals surface area contributed by atoms with Gasteiger partial charge in [0.05, 0.1) is 45.0 Å². The lowest BCUT2D eigenvalue weighted by atomic mass is 9.49. The highest BCUT2D eigenvalue weighted by atomic mass is 16.6. The molecule has 1 aromatic rings. The van der Waals surface area contributed by atoms with E-state index in [1.807, 2.05) is 6.07 Å². The molecule has 2 aliphatic carbocycles. The fourth-order valence-electron chi connectivity index (χ4n) is 6.61. The maximum Gasteiger partial charge on any atom is 0.332 e. The van der Waals surface area contributed by atoms with E-state index < -0.39 is 23.1 Å². The van der Waals surface area contributed by atoms with Crippen LogP contribution in [0.1, 0.15) is 30.4 Å². The van der Waals surface area contributed by atoms with E-state index in [0.29, 0.717) is 50.6 Å². The molecule has 4 aliphatic rings. The van der Waals surface area contributed by atoms with Gasteiger partial charge in [0.15, 0.2) is 23.4 Å². The number of methoxy groups -OCH3 is 2. The highest BCUT2D eigenvalue weighted by Crippen LogP contribution is 2.65.